The molecular weight excluding hydrogens is 288 g/mol. The van der Waals surface area contributed by atoms with Crippen molar-refractivity contribution in [3.8, 4) is 0 Å². The standard InChI is InChI=1S/C19H30N2O2/c1-14(17-9-6-10-20-13-17)11-19(23)21-15(2)12-18(22)16-7-4-3-5-8-16/h3-5,7-8,14-15,17-18,20,22H,6,9-13H2,1-2H3,(H,21,23). The van der Waals surface area contributed by atoms with Gasteiger partial charge in [0.05, 0.1) is 6.10 Å². The Morgan fingerprint density at radius 2 is 2.09 bits per heavy atom. The van der Waals surface area contributed by atoms with E-state index in [-0.39, 0.29) is 11.9 Å². The molecule has 0 radical (unpaired) electrons. The maximum atomic E-state index is 12.2. The number of benzene rings is 1. The van der Waals surface area contributed by atoms with E-state index in [1.165, 1.54) is 12.8 Å². The lowest BCUT2D eigenvalue weighted by Crippen LogP contribution is -2.38. The van der Waals surface area contributed by atoms with Crippen molar-refractivity contribution in [2.24, 2.45) is 11.8 Å². The zero-order valence-electron chi connectivity index (χ0n) is 14.3. The normalized spacial score (nSPS) is 22.1. The minimum absolute atomic E-state index is 0.0330. The SMILES string of the molecule is CC(CC(O)c1ccccc1)NC(=O)CC(C)C1CCCNC1. The van der Waals surface area contributed by atoms with Crippen LogP contribution in [0.3, 0.4) is 0 Å². The van der Waals surface area contributed by atoms with Gasteiger partial charge in [-0.3, -0.25) is 4.79 Å². The molecule has 1 saturated heterocycles. The van der Waals surface area contributed by atoms with Crippen LogP contribution in [0.2, 0.25) is 0 Å². The third kappa shape index (κ3) is 5.96. The van der Waals surface area contributed by atoms with Crippen molar-refractivity contribution >= 4 is 5.91 Å². The Balaban J connectivity index is 1.73. The number of hydrogen-bond donors (Lipinski definition) is 3. The van der Waals surface area contributed by atoms with Crippen LogP contribution in [0.5, 0.6) is 0 Å². The van der Waals surface area contributed by atoms with Gasteiger partial charge in [0.2, 0.25) is 5.91 Å². The molecule has 0 spiro atoms. The number of aliphatic hydroxyl groups excluding tert-OH is 1. The summed E-state index contributed by atoms with van der Waals surface area (Å²) in [6.45, 7) is 6.25. The van der Waals surface area contributed by atoms with Crippen LogP contribution in [0.25, 0.3) is 0 Å². The summed E-state index contributed by atoms with van der Waals surface area (Å²) in [5.41, 5.74) is 0.898. The molecule has 4 atom stereocenters. The Hall–Kier alpha value is -1.39. The van der Waals surface area contributed by atoms with Crippen molar-refractivity contribution < 1.29 is 9.90 Å². The smallest absolute Gasteiger partial charge is 0.220 e. The van der Waals surface area contributed by atoms with Gasteiger partial charge in [0.15, 0.2) is 0 Å². The van der Waals surface area contributed by atoms with Crippen molar-refractivity contribution in [2.75, 3.05) is 13.1 Å². The van der Waals surface area contributed by atoms with E-state index >= 15 is 0 Å². The van der Waals surface area contributed by atoms with Gasteiger partial charge in [-0.25, -0.2) is 0 Å². The lowest BCUT2D eigenvalue weighted by Gasteiger charge is -2.28. The molecule has 23 heavy (non-hydrogen) atoms. The number of nitrogens with one attached hydrogen (secondary N) is 2. The second-order valence-electron chi connectivity index (χ2n) is 6.92. The Morgan fingerprint density at radius 3 is 2.74 bits per heavy atom. The van der Waals surface area contributed by atoms with Crippen LogP contribution >= 0.6 is 0 Å². The van der Waals surface area contributed by atoms with E-state index in [1.54, 1.807) is 0 Å². The second-order valence-corrected chi connectivity index (χ2v) is 6.92. The quantitative estimate of drug-likeness (QED) is 0.724. The Kier molecular flexibility index (Phi) is 7.06. The molecular formula is C19H30N2O2. The molecule has 1 amide bonds. The molecule has 4 heteroatoms. The Labute approximate surface area is 139 Å². The number of piperidine rings is 1. The van der Waals surface area contributed by atoms with Gasteiger partial charge in [0.25, 0.3) is 0 Å². The average Bonchev–Trinajstić information content (AvgIpc) is 2.56. The molecule has 3 N–H and O–H groups in total. The molecule has 2 rings (SSSR count). The second kappa shape index (κ2) is 9.04. The van der Waals surface area contributed by atoms with Gasteiger partial charge in [0.1, 0.15) is 0 Å². The monoisotopic (exact) mass is 318 g/mol. The van der Waals surface area contributed by atoms with E-state index in [0.29, 0.717) is 24.7 Å². The molecule has 0 bridgehead atoms. The summed E-state index contributed by atoms with van der Waals surface area (Å²) in [5.74, 6) is 1.09. The van der Waals surface area contributed by atoms with Gasteiger partial charge in [-0.15, -0.1) is 0 Å². The maximum Gasteiger partial charge on any atom is 0.220 e. The summed E-state index contributed by atoms with van der Waals surface area (Å²) in [5, 5.41) is 16.7. The number of carbonyl (C=O) groups is 1. The van der Waals surface area contributed by atoms with Crippen LogP contribution in [-0.4, -0.2) is 30.1 Å². The topological polar surface area (TPSA) is 61.4 Å². The third-order valence-corrected chi connectivity index (χ3v) is 4.82. The van der Waals surface area contributed by atoms with E-state index in [2.05, 4.69) is 17.6 Å². The van der Waals surface area contributed by atoms with E-state index in [1.807, 2.05) is 37.3 Å². The molecule has 128 valence electrons. The number of carbonyl (C=O) groups excluding carboxylic acids is 1. The van der Waals surface area contributed by atoms with Crippen molar-refractivity contribution in [1.82, 2.24) is 10.6 Å². The molecule has 1 aromatic carbocycles. The highest BCUT2D eigenvalue weighted by Gasteiger charge is 2.23. The first-order valence-corrected chi connectivity index (χ1v) is 8.79. The van der Waals surface area contributed by atoms with E-state index in [4.69, 9.17) is 0 Å². The number of hydrogen-bond acceptors (Lipinski definition) is 3. The molecule has 0 aliphatic carbocycles. The summed E-state index contributed by atoms with van der Waals surface area (Å²) in [6, 6.07) is 9.57. The van der Waals surface area contributed by atoms with Crippen LogP contribution in [0, 0.1) is 11.8 Å². The van der Waals surface area contributed by atoms with E-state index in [9.17, 15) is 9.90 Å². The van der Waals surface area contributed by atoms with Gasteiger partial charge in [-0.2, -0.15) is 0 Å². The fourth-order valence-electron chi connectivity index (χ4n) is 3.36. The first kappa shape index (κ1) is 18.0. The van der Waals surface area contributed by atoms with Gasteiger partial charge in [-0.1, -0.05) is 37.3 Å². The van der Waals surface area contributed by atoms with Gasteiger partial charge >= 0.3 is 0 Å². The molecule has 4 nitrogen and oxygen atoms in total. The van der Waals surface area contributed by atoms with Crippen LogP contribution < -0.4 is 10.6 Å². The van der Waals surface area contributed by atoms with Crippen molar-refractivity contribution in [3.63, 3.8) is 0 Å². The van der Waals surface area contributed by atoms with Crippen LogP contribution in [0.15, 0.2) is 30.3 Å². The summed E-state index contributed by atoms with van der Waals surface area (Å²) < 4.78 is 0. The predicted octanol–water partition coefficient (Wildman–Crippen LogP) is 2.64. The first-order valence-electron chi connectivity index (χ1n) is 8.79. The molecule has 0 saturated carbocycles. The molecule has 1 heterocycles. The fraction of sp³-hybridized carbons (Fsp3) is 0.632. The molecule has 4 unspecified atom stereocenters. The van der Waals surface area contributed by atoms with E-state index in [0.717, 1.165) is 18.7 Å². The van der Waals surface area contributed by atoms with Crippen molar-refractivity contribution in [1.29, 1.82) is 0 Å². The predicted molar refractivity (Wildman–Crippen MR) is 93.0 cm³/mol. The summed E-state index contributed by atoms with van der Waals surface area (Å²) in [6.07, 6.45) is 2.99. The third-order valence-electron chi connectivity index (χ3n) is 4.82. The Morgan fingerprint density at radius 1 is 1.35 bits per heavy atom. The summed E-state index contributed by atoms with van der Waals surface area (Å²) in [7, 11) is 0. The summed E-state index contributed by atoms with van der Waals surface area (Å²) in [4.78, 5) is 12.2. The number of amides is 1. The zero-order valence-corrected chi connectivity index (χ0v) is 14.3. The molecule has 1 aromatic rings. The molecule has 0 aromatic heterocycles. The first-order chi connectivity index (χ1) is 11.1. The molecule has 1 fully saturated rings. The molecule has 1 aliphatic heterocycles. The highest BCUT2D eigenvalue weighted by atomic mass is 16.3. The zero-order chi connectivity index (χ0) is 16.7. The largest absolute Gasteiger partial charge is 0.388 e. The van der Waals surface area contributed by atoms with Crippen molar-refractivity contribution in [3.05, 3.63) is 35.9 Å². The number of aliphatic hydroxyl groups is 1. The minimum atomic E-state index is -0.536. The maximum absolute atomic E-state index is 12.2. The minimum Gasteiger partial charge on any atom is -0.388 e. The fourth-order valence-corrected chi connectivity index (χ4v) is 3.36. The van der Waals surface area contributed by atoms with Gasteiger partial charge in [-0.05, 0) is 56.7 Å². The van der Waals surface area contributed by atoms with Gasteiger partial charge < -0.3 is 15.7 Å². The van der Waals surface area contributed by atoms with Crippen LogP contribution in [0.4, 0.5) is 0 Å². The van der Waals surface area contributed by atoms with Crippen LogP contribution in [0.1, 0.15) is 51.2 Å². The lowest BCUT2D eigenvalue weighted by atomic mass is 9.85. The van der Waals surface area contributed by atoms with E-state index < -0.39 is 6.10 Å². The highest BCUT2D eigenvalue weighted by molar-refractivity contribution is 5.76. The highest BCUT2D eigenvalue weighted by Crippen LogP contribution is 2.23. The average molecular weight is 318 g/mol. The van der Waals surface area contributed by atoms with Gasteiger partial charge in [0, 0.05) is 12.5 Å². The number of rotatable bonds is 7. The van der Waals surface area contributed by atoms with Crippen molar-refractivity contribution in [2.45, 2.75) is 51.7 Å². The summed E-state index contributed by atoms with van der Waals surface area (Å²) >= 11 is 0. The lowest BCUT2D eigenvalue weighted by molar-refractivity contribution is -0.123. The van der Waals surface area contributed by atoms with Crippen LogP contribution in [-0.2, 0) is 4.79 Å². The molecule has 1 aliphatic rings. The Bertz CT molecular complexity index is 472.